The molecule has 2 aromatic rings. The van der Waals surface area contributed by atoms with Crippen LogP contribution in [0.1, 0.15) is 0 Å². The molecular weight excluding hydrogens is 307 g/mol. The summed E-state index contributed by atoms with van der Waals surface area (Å²) in [6.07, 6.45) is 1.48. The predicted octanol–water partition coefficient (Wildman–Crippen LogP) is 3.04. The summed E-state index contributed by atoms with van der Waals surface area (Å²) >= 11 is 9.03. The molecule has 0 saturated heterocycles. The average Bonchev–Trinajstić information content (AvgIpc) is 2.29. The van der Waals surface area contributed by atoms with Crippen molar-refractivity contribution in [2.24, 2.45) is 0 Å². The van der Waals surface area contributed by atoms with Crippen LogP contribution in [0.3, 0.4) is 0 Å². The number of anilines is 2. The third-order valence-electron chi connectivity index (χ3n) is 1.96. The Balaban J connectivity index is 2.32. The number of hydrogen-bond donors (Lipinski definition) is 1. The van der Waals surface area contributed by atoms with E-state index in [2.05, 4.69) is 36.4 Å². The van der Waals surface area contributed by atoms with Crippen LogP contribution in [-0.4, -0.2) is 22.3 Å². The molecule has 0 atom stereocenters. The summed E-state index contributed by atoms with van der Waals surface area (Å²) < 4.78 is 6.15. The molecule has 1 N–H and O–H groups in total. The largest absolute Gasteiger partial charge is 0.495 e. The van der Waals surface area contributed by atoms with Crippen LogP contribution in [0, 0.1) is 0 Å². The van der Waals surface area contributed by atoms with E-state index in [0.29, 0.717) is 11.6 Å². The number of aromatic nitrogens is 3. The van der Waals surface area contributed by atoms with E-state index in [-0.39, 0.29) is 5.28 Å². The Hall–Kier alpha value is -1.40. The molecule has 0 amide bonds. The van der Waals surface area contributed by atoms with Crippen molar-refractivity contribution in [2.45, 2.75) is 0 Å². The van der Waals surface area contributed by atoms with Gasteiger partial charge in [-0.2, -0.15) is 10.1 Å². The molecule has 0 bridgehead atoms. The van der Waals surface area contributed by atoms with Gasteiger partial charge in [0.05, 0.1) is 19.0 Å². The lowest BCUT2D eigenvalue weighted by atomic mass is 10.3. The molecule has 0 fully saturated rings. The number of methoxy groups -OCH3 is 1. The van der Waals surface area contributed by atoms with Crippen molar-refractivity contribution < 1.29 is 4.74 Å². The molecule has 17 heavy (non-hydrogen) atoms. The molecule has 2 rings (SSSR count). The molecule has 0 aliphatic rings. The van der Waals surface area contributed by atoms with E-state index in [1.807, 2.05) is 18.2 Å². The van der Waals surface area contributed by atoms with Gasteiger partial charge < -0.3 is 10.1 Å². The Morgan fingerprint density at radius 2 is 2.24 bits per heavy atom. The van der Waals surface area contributed by atoms with Crippen molar-refractivity contribution in [3.05, 3.63) is 34.2 Å². The fraction of sp³-hybridized carbons (Fsp3) is 0.100. The SMILES string of the molecule is COc1ccc(Br)cc1Nc1cnnc(Cl)n1. The first-order valence-electron chi connectivity index (χ1n) is 4.65. The standard InChI is InChI=1S/C10H8BrClN4O/c1-17-8-3-2-6(11)4-7(8)14-9-5-13-16-10(12)15-9/h2-5H,1H3,(H,14,15,16). The maximum absolute atomic E-state index is 5.65. The van der Waals surface area contributed by atoms with Gasteiger partial charge in [-0.1, -0.05) is 15.9 Å². The maximum Gasteiger partial charge on any atom is 0.244 e. The first-order chi connectivity index (χ1) is 8.19. The summed E-state index contributed by atoms with van der Waals surface area (Å²) in [7, 11) is 1.60. The molecule has 0 aliphatic carbocycles. The van der Waals surface area contributed by atoms with Crippen LogP contribution in [-0.2, 0) is 0 Å². The highest BCUT2D eigenvalue weighted by atomic mass is 79.9. The second-order valence-electron chi connectivity index (χ2n) is 3.08. The second kappa shape index (κ2) is 5.29. The Kier molecular flexibility index (Phi) is 3.75. The third kappa shape index (κ3) is 3.04. The van der Waals surface area contributed by atoms with Crippen molar-refractivity contribution in [2.75, 3.05) is 12.4 Å². The lowest BCUT2D eigenvalue weighted by Gasteiger charge is -2.10. The first kappa shape index (κ1) is 12.1. The fourth-order valence-corrected chi connectivity index (χ4v) is 1.75. The van der Waals surface area contributed by atoms with E-state index in [0.717, 1.165) is 10.2 Å². The zero-order valence-electron chi connectivity index (χ0n) is 8.82. The number of benzene rings is 1. The number of ether oxygens (including phenoxy) is 1. The second-order valence-corrected chi connectivity index (χ2v) is 4.33. The molecular formula is C10H8BrClN4O. The number of halogens is 2. The van der Waals surface area contributed by atoms with Gasteiger partial charge in [0.1, 0.15) is 5.75 Å². The van der Waals surface area contributed by atoms with E-state index in [1.54, 1.807) is 7.11 Å². The lowest BCUT2D eigenvalue weighted by Crippen LogP contribution is -1.98. The van der Waals surface area contributed by atoms with Crippen LogP contribution >= 0.6 is 27.5 Å². The molecule has 5 nitrogen and oxygen atoms in total. The smallest absolute Gasteiger partial charge is 0.244 e. The Labute approximate surface area is 111 Å². The van der Waals surface area contributed by atoms with Crippen LogP contribution in [0.4, 0.5) is 11.5 Å². The van der Waals surface area contributed by atoms with Gasteiger partial charge in [-0.15, -0.1) is 5.10 Å². The van der Waals surface area contributed by atoms with E-state index >= 15 is 0 Å². The molecule has 1 heterocycles. The van der Waals surface area contributed by atoms with Crippen LogP contribution in [0.15, 0.2) is 28.9 Å². The minimum Gasteiger partial charge on any atom is -0.495 e. The molecule has 7 heteroatoms. The van der Waals surface area contributed by atoms with E-state index in [9.17, 15) is 0 Å². The van der Waals surface area contributed by atoms with Gasteiger partial charge in [0, 0.05) is 4.47 Å². The van der Waals surface area contributed by atoms with Crippen LogP contribution in [0.25, 0.3) is 0 Å². The zero-order valence-corrected chi connectivity index (χ0v) is 11.2. The summed E-state index contributed by atoms with van der Waals surface area (Å²) in [6, 6.07) is 5.59. The Morgan fingerprint density at radius 3 is 2.94 bits per heavy atom. The Bertz CT molecular complexity index is 537. The Morgan fingerprint density at radius 1 is 1.41 bits per heavy atom. The highest BCUT2D eigenvalue weighted by Gasteiger charge is 2.05. The van der Waals surface area contributed by atoms with Gasteiger partial charge >= 0.3 is 0 Å². The van der Waals surface area contributed by atoms with Gasteiger partial charge in [-0.05, 0) is 29.8 Å². The molecule has 0 unspecified atom stereocenters. The van der Waals surface area contributed by atoms with Crippen LogP contribution in [0.2, 0.25) is 5.28 Å². The van der Waals surface area contributed by atoms with Gasteiger partial charge in [-0.3, -0.25) is 0 Å². The third-order valence-corrected chi connectivity index (χ3v) is 2.61. The number of hydrogen-bond acceptors (Lipinski definition) is 5. The summed E-state index contributed by atoms with van der Waals surface area (Å²) in [5, 5.41) is 10.4. The molecule has 0 radical (unpaired) electrons. The minimum absolute atomic E-state index is 0.0870. The quantitative estimate of drug-likeness (QED) is 0.943. The van der Waals surface area contributed by atoms with Gasteiger partial charge in [-0.25, -0.2) is 0 Å². The van der Waals surface area contributed by atoms with Gasteiger partial charge in [0.2, 0.25) is 5.28 Å². The molecule has 0 spiro atoms. The van der Waals surface area contributed by atoms with Crippen LogP contribution in [0.5, 0.6) is 5.75 Å². The monoisotopic (exact) mass is 314 g/mol. The summed E-state index contributed by atoms with van der Waals surface area (Å²) in [6.45, 7) is 0. The normalized spacial score (nSPS) is 10.1. The minimum atomic E-state index is 0.0870. The average molecular weight is 316 g/mol. The molecule has 1 aromatic heterocycles. The molecule has 0 aliphatic heterocycles. The summed E-state index contributed by atoms with van der Waals surface area (Å²) in [5.41, 5.74) is 0.762. The van der Waals surface area contributed by atoms with E-state index < -0.39 is 0 Å². The van der Waals surface area contributed by atoms with Crippen molar-refractivity contribution >= 4 is 39.0 Å². The zero-order chi connectivity index (χ0) is 12.3. The van der Waals surface area contributed by atoms with Crippen molar-refractivity contribution in [1.29, 1.82) is 0 Å². The molecule has 0 saturated carbocycles. The summed E-state index contributed by atoms with van der Waals surface area (Å²) in [4.78, 5) is 3.98. The first-order valence-corrected chi connectivity index (χ1v) is 5.82. The molecule has 1 aromatic carbocycles. The highest BCUT2D eigenvalue weighted by Crippen LogP contribution is 2.29. The van der Waals surface area contributed by atoms with Crippen molar-refractivity contribution in [1.82, 2.24) is 15.2 Å². The lowest BCUT2D eigenvalue weighted by molar-refractivity contribution is 0.416. The topological polar surface area (TPSA) is 59.9 Å². The maximum atomic E-state index is 5.65. The van der Waals surface area contributed by atoms with Gasteiger partial charge in [0.15, 0.2) is 5.82 Å². The number of rotatable bonds is 3. The van der Waals surface area contributed by atoms with E-state index in [4.69, 9.17) is 16.3 Å². The summed E-state index contributed by atoms with van der Waals surface area (Å²) in [5.74, 6) is 1.20. The van der Waals surface area contributed by atoms with Crippen LogP contribution < -0.4 is 10.1 Å². The number of nitrogens with one attached hydrogen (secondary N) is 1. The predicted molar refractivity (Wildman–Crippen MR) is 68.8 cm³/mol. The van der Waals surface area contributed by atoms with E-state index in [1.165, 1.54) is 6.20 Å². The fourth-order valence-electron chi connectivity index (χ4n) is 1.26. The van der Waals surface area contributed by atoms with Gasteiger partial charge in [0.25, 0.3) is 0 Å². The highest BCUT2D eigenvalue weighted by molar-refractivity contribution is 9.10. The number of nitrogens with zero attached hydrogens (tertiary/aromatic N) is 3. The van der Waals surface area contributed by atoms with Crippen molar-refractivity contribution in [3.63, 3.8) is 0 Å². The van der Waals surface area contributed by atoms with Crippen molar-refractivity contribution in [3.8, 4) is 5.75 Å². The molecule has 88 valence electrons.